The first-order valence-corrected chi connectivity index (χ1v) is 8.56. The number of carbonyl (C=O) groups excluding carboxylic acids is 1. The van der Waals surface area contributed by atoms with Crippen molar-refractivity contribution in [1.29, 1.82) is 0 Å². The van der Waals surface area contributed by atoms with Gasteiger partial charge in [0.25, 0.3) is 0 Å². The molecule has 0 atom stereocenters. The van der Waals surface area contributed by atoms with Crippen molar-refractivity contribution in [3.05, 3.63) is 29.3 Å². The third kappa shape index (κ3) is 4.52. The van der Waals surface area contributed by atoms with E-state index in [4.69, 9.17) is 9.84 Å². The largest absolute Gasteiger partial charge is 0.480 e. The third-order valence-electron chi connectivity index (χ3n) is 3.18. The Labute approximate surface area is 135 Å². The summed E-state index contributed by atoms with van der Waals surface area (Å²) < 4.78 is 31.1. The highest BCUT2D eigenvalue weighted by Gasteiger charge is 2.30. The van der Waals surface area contributed by atoms with Crippen LogP contribution >= 0.6 is 0 Å². The standard InChI is InChI=1S/C15H21NO6S/c1-5-22-15(19)13-8-12(7-6-11(13)4)23(20,21)16(10(2)3)9-14(17)18/h6-8,10H,5,9H2,1-4H3,(H,17,18). The minimum atomic E-state index is -4.04. The van der Waals surface area contributed by atoms with Crippen LogP contribution in [-0.4, -0.2) is 49.0 Å². The molecule has 0 radical (unpaired) electrons. The molecule has 0 aromatic heterocycles. The number of aliphatic carboxylic acids is 1. The summed E-state index contributed by atoms with van der Waals surface area (Å²) in [7, 11) is -4.04. The van der Waals surface area contributed by atoms with E-state index in [-0.39, 0.29) is 17.1 Å². The first kappa shape index (κ1) is 19.1. The number of rotatable bonds is 7. The number of aryl methyl sites for hydroxylation is 1. The maximum Gasteiger partial charge on any atom is 0.338 e. The predicted octanol–water partition coefficient (Wildman–Crippen LogP) is 1.66. The predicted molar refractivity (Wildman–Crippen MR) is 83.8 cm³/mol. The van der Waals surface area contributed by atoms with Crippen molar-refractivity contribution in [2.24, 2.45) is 0 Å². The van der Waals surface area contributed by atoms with E-state index in [9.17, 15) is 18.0 Å². The lowest BCUT2D eigenvalue weighted by Crippen LogP contribution is -2.40. The van der Waals surface area contributed by atoms with Gasteiger partial charge in [0, 0.05) is 6.04 Å². The summed E-state index contributed by atoms with van der Waals surface area (Å²) in [4.78, 5) is 22.7. The van der Waals surface area contributed by atoms with Crippen LogP contribution in [0.4, 0.5) is 0 Å². The molecule has 128 valence electrons. The van der Waals surface area contributed by atoms with Gasteiger partial charge in [-0.3, -0.25) is 4.79 Å². The van der Waals surface area contributed by atoms with E-state index in [1.165, 1.54) is 18.2 Å². The fraction of sp³-hybridized carbons (Fsp3) is 0.467. The molecule has 0 saturated heterocycles. The van der Waals surface area contributed by atoms with E-state index in [1.807, 2.05) is 0 Å². The maximum atomic E-state index is 12.7. The maximum absolute atomic E-state index is 12.7. The minimum absolute atomic E-state index is 0.138. The minimum Gasteiger partial charge on any atom is -0.480 e. The van der Waals surface area contributed by atoms with Crippen molar-refractivity contribution >= 4 is 22.0 Å². The Kier molecular flexibility index (Phi) is 6.28. The second-order valence-corrected chi connectivity index (χ2v) is 7.13. The molecule has 0 spiro atoms. The zero-order valence-electron chi connectivity index (χ0n) is 13.6. The molecule has 0 fully saturated rings. The summed E-state index contributed by atoms with van der Waals surface area (Å²) in [5.74, 6) is -1.86. The SMILES string of the molecule is CCOC(=O)c1cc(S(=O)(=O)N(CC(=O)O)C(C)C)ccc1C. The molecule has 1 N–H and O–H groups in total. The van der Waals surface area contributed by atoms with Crippen LogP contribution < -0.4 is 0 Å². The van der Waals surface area contributed by atoms with Crippen LogP contribution in [0.25, 0.3) is 0 Å². The van der Waals surface area contributed by atoms with Crippen molar-refractivity contribution in [3.8, 4) is 0 Å². The van der Waals surface area contributed by atoms with Crippen LogP contribution in [0.1, 0.15) is 36.7 Å². The van der Waals surface area contributed by atoms with Crippen molar-refractivity contribution in [2.75, 3.05) is 13.2 Å². The number of hydrogen-bond acceptors (Lipinski definition) is 5. The van der Waals surface area contributed by atoms with E-state index < -0.39 is 34.5 Å². The molecule has 8 heteroatoms. The number of carboxylic acid groups (broad SMARTS) is 1. The van der Waals surface area contributed by atoms with E-state index in [1.54, 1.807) is 27.7 Å². The van der Waals surface area contributed by atoms with Crippen LogP contribution in [0.3, 0.4) is 0 Å². The van der Waals surface area contributed by atoms with Crippen LogP contribution in [0.15, 0.2) is 23.1 Å². The molecule has 0 unspecified atom stereocenters. The lowest BCUT2D eigenvalue weighted by atomic mass is 10.1. The van der Waals surface area contributed by atoms with Gasteiger partial charge >= 0.3 is 11.9 Å². The Hall–Kier alpha value is -1.93. The summed E-state index contributed by atoms with van der Waals surface area (Å²) in [5.41, 5.74) is 0.726. The van der Waals surface area contributed by atoms with Gasteiger partial charge in [-0.2, -0.15) is 4.31 Å². The Morgan fingerprint density at radius 1 is 1.30 bits per heavy atom. The lowest BCUT2D eigenvalue weighted by molar-refractivity contribution is -0.137. The number of esters is 1. The molecule has 0 amide bonds. The zero-order valence-corrected chi connectivity index (χ0v) is 14.4. The number of benzene rings is 1. The summed E-state index contributed by atoms with van der Waals surface area (Å²) in [5, 5.41) is 8.92. The number of carboxylic acids is 1. The summed E-state index contributed by atoms with van der Waals surface area (Å²) >= 11 is 0. The molecular weight excluding hydrogens is 322 g/mol. The molecule has 0 aliphatic heterocycles. The van der Waals surface area contributed by atoms with E-state index in [0.717, 1.165) is 4.31 Å². The zero-order chi connectivity index (χ0) is 17.8. The molecule has 1 rings (SSSR count). The highest BCUT2D eigenvalue weighted by atomic mass is 32.2. The first-order chi connectivity index (χ1) is 10.6. The second-order valence-electron chi connectivity index (χ2n) is 5.23. The van der Waals surface area contributed by atoms with Gasteiger partial charge in [0.05, 0.1) is 17.1 Å². The molecule has 0 aliphatic rings. The van der Waals surface area contributed by atoms with Crippen molar-refractivity contribution < 1.29 is 27.9 Å². The molecular formula is C15H21NO6S. The topological polar surface area (TPSA) is 101 Å². The number of ether oxygens (including phenoxy) is 1. The molecule has 1 aromatic carbocycles. The average molecular weight is 343 g/mol. The van der Waals surface area contributed by atoms with Crippen molar-refractivity contribution in [3.63, 3.8) is 0 Å². The number of nitrogens with zero attached hydrogens (tertiary/aromatic N) is 1. The normalized spacial score (nSPS) is 11.7. The van der Waals surface area contributed by atoms with Gasteiger partial charge in [0.15, 0.2) is 0 Å². The Balaban J connectivity index is 3.35. The molecule has 23 heavy (non-hydrogen) atoms. The van der Waals surface area contributed by atoms with Crippen LogP contribution in [-0.2, 0) is 19.6 Å². The number of sulfonamides is 1. The van der Waals surface area contributed by atoms with Gasteiger partial charge in [0.2, 0.25) is 10.0 Å². The van der Waals surface area contributed by atoms with E-state index in [2.05, 4.69) is 0 Å². The van der Waals surface area contributed by atoms with Gasteiger partial charge in [0.1, 0.15) is 6.54 Å². The number of carbonyl (C=O) groups is 2. The Bertz CT molecular complexity index is 696. The lowest BCUT2D eigenvalue weighted by Gasteiger charge is -2.24. The average Bonchev–Trinajstić information content (AvgIpc) is 2.44. The van der Waals surface area contributed by atoms with Crippen molar-refractivity contribution in [2.45, 2.75) is 38.6 Å². The third-order valence-corrected chi connectivity index (χ3v) is 5.20. The van der Waals surface area contributed by atoms with Gasteiger partial charge in [-0.1, -0.05) is 6.07 Å². The molecule has 0 aliphatic carbocycles. The summed E-state index contributed by atoms with van der Waals surface area (Å²) in [6, 6.07) is 3.53. The highest BCUT2D eigenvalue weighted by molar-refractivity contribution is 7.89. The van der Waals surface area contributed by atoms with Gasteiger partial charge in [-0.05, 0) is 45.4 Å². The highest BCUT2D eigenvalue weighted by Crippen LogP contribution is 2.22. The van der Waals surface area contributed by atoms with Gasteiger partial charge in [-0.25, -0.2) is 13.2 Å². The molecule has 7 nitrogen and oxygen atoms in total. The Morgan fingerprint density at radius 2 is 1.91 bits per heavy atom. The monoisotopic (exact) mass is 343 g/mol. The summed E-state index contributed by atoms with van der Waals surface area (Å²) in [6.07, 6.45) is 0. The smallest absolute Gasteiger partial charge is 0.338 e. The van der Waals surface area contributed by atoms with E-state index in [0.29, 0.717) is 5.56 Å². The second kappa shape index (κ2) is 7.56. The van der Waals surface area contributed by atoms with Crippen LogP contribution in [0.5, 0.6) is 0 Å². The first-order valence-electron chi connectivity index (χ1n) is 7.12. The van der Waals surface area contributed by atoms with E-state index >= 15 is 0 Å². The van der Waals surface area contributed by atoms with Gasteiger partial charge < -0.3 is 9.84 Å². The fourth-order valence-corrected chi connectivity index (χ4v) is 3.62. The molecule has 0 bridgehead atoms. The molecule has 0 heterocycles. The summed E-state index contributed by atoms with van der Waals surface area (Å²) in [6.45, 7) is 6.01. The Morgan fingerprint density at radius 3 is 2.39 bits per heavy atom. The molecule has 0 saturated carbocycles. The van der Waals surface area contributed by atoms with Gasteiger partial charge in [-0.15, -0.1) is 0 Å². The molecule has 1 aromatic rings. The quantitative estimate of drug-likeness (QED) is 0.756. The number of hydrogen-bond donors (Lipinski definition) is 1. The van der Waals surface area contributed by atoms with Crippen LogP contribution in [0, 0.1) is 6.92 Å². The fourth-order valence-electron chi connectivity index (χ4n) is 2.00. The van der Waals surface area contributed by atoms with Crippen molar-refractivity contribution in [1.82, 2.24) is 4.31 Å². The van der Waals surface area contributed by atoms with Crippen LogP contribution in [0.2, 0.25) is 0 Å².